The molecule has 0 aromatic heterocycles. The van der Waals surface area contributed by atoms with E-state index in [9.17, 15) is 14.7 Å². The zero-order valence-electron chi connectivity index (χ0n) is 20.4. The van der Waals surface area contributed by atoms with E-state index in [-0.39, 0.29) is 17.0 Å². The maximum absolute atomic E-state index is 12.5. The number of halogens is 1. The van der Waals surface area contributed by atoms with Crippen molar-refractivity contribution in [1.82, 2.24) is 10.6 Å². The maximum atomic E-state index is 12.5. The molecule has 0 bridgehead atoms. The number of hydrogen-bond acceptors (Lipinski definition) is 3. The van der Waals surface area contributed by atoms with E-state index in [0.29, 0.717) is 0 Å². The lowest BCUT2D eigenvalue weighted by Crippen LogP contribution is -2.42. The summed E-state index contributed by atoms with van der Waals surface area (Å²) in [6.07, 6.45) is 1.16. The van der Waals surface area contributed by atoms with E-state index in [1.165, 1.54) is 11.1 Å². The number of benzene rings is 4. The van der Waals surface area contributed by atoms with Gasteiger partial charge in [-0.3, -0.25) is 4.79 Å². The molecule has 3 N–H and O–H groups in total. The fraction of sp³-hybridized carbons (Fsp3) is 0.161. The first-order chi connectivity index (χ1) is 18.0. The summed E-state index contributed by atoms with van der Waals surface area (Å²) in [6, 6.07) is 32.1. The molecule has 4 rings (SSSR count). The van der Waals surface area contributed by atoms with Gasteiger partial charge in [-0.1, -0.05) is 103 Å². The van der Waals surface area contributed by atoms with Crippen LogP contribution in [0.25, 0.3) is 11.1 Å². The molecule has 0 fully saturated rings. The first kappa shape index (κ1) is 26.1. The van der Waals surface area contributed by atoms with Crippen LogP contribution >= 0.6 is 11.6 Å². The molecule has 0 spiro atoms. The molecule has 6 heteroatoms. The third kappa shape index (κ3) is 7.53. The van der Waals surface area contributed by atoms with Gasteiger partial charge in [-0.05, 0) is 52.9 Å². The third-order valence-corrected chi connectivity index (χ3v) is 6.49. The lowest BCUT2D eigenvalue weighted by atomic mass is 9.99. The van der Waals surface area contributed by atoms with Gasteiger partial charge >= 0.3 is 5.97 Å². The number of hydrogen-bond donors (Lipinski definition) is 3. The van der Waals surface area contributed by atoms with Crippen LogP contribution in [0.2, 0.25) is 5.02 Å². The fourth-order valence-electron chi connectivity index (χ4n) is 4.08. The van der Waals surface area contributed by atoms with Crippen molar-refractivity contribution in [2.75, 3.05) is 6.54 Å². The summed E-state index contributed by atoms with van der Waals surface area (Å²) < 4.78 is 0. The number of carboxylic acids is 1. The summed E-state index contributed by atoms with van der Waals surface area (Å²) in [4.78, 5) is 24.3. The molecule has 0 saturated carbocycles. The minimum atomic E-state index is -1.10. The molecule has 0 unspecified atom stereocenters. The van der Waals surface area contributed by atoms with Crippen molar-refractivity contribution >= 4 is 23.5 Å². The normalized spacial score (nSPS) is 11.6. The van der Waals surface area contributed by atoms with Gasteiger partial charge in [-0.15, -0.1) is 0 Å². The van der Waals surface area contributed by atoms with Crippen LogP contribution in [-0.2, 0) is 24.2 Å². The summed E-state index contributed by atoms with van der Waals surface area (Å²) in [5.74, 6) is -1.61. The van der Waals surface area contributed by atoms with Crippen molar-refractivity contribution in [2.24, 2.45) is 0 Å². The summed E-state index contributed by atoms with van der Waals surface area (Å²) >= 11 is 6.07. The highest BCUT2D eigenvalue weighted by molar-refractivity contribution is 6.33. The van der Waals surface area contributed by atoms with Gasteiger partial charge in [0.15, 0.2) is 0 Å². The number of carboxylic acid groups (broad SMARTS) is 1. The summed E-state index contributed by atoms with van der Waals surface area (Å²) in [5.41, 5.74) is 5.73. The Kier molecular flexibility index (Phi) is 9.08. The van der Waals surface area contributed by atoms with E-state index in [1.54, 1.807) is 24.3 Å². The Balaban J connectivity index is 1.31. The molecule has 0 aliphatic carbocycles. The van der Waals surface area contributed by atoms with Crippen molar-refractivity contribution in [3.05, 3.63) is 130 Å². The van der Waals surface area contributed by atoms with E-state index in [4.69, 9.17) is 11.6 Å². The Morgan fingerprint density at radius 3 is 1.95 bits per heavy atom. The summed E-state index contributed by atoms with van der Waals surface area (Å²) in [7, 11) is 0. The van der Waals surface area contributed by atoms with Crippen molar-refractivity contribution in [1.29, 1.82) is 0 Å². The van der Waals surface area contributed by atoms with Gasteiger partial charge in [0.1, 0.15) is 6.04 Å². The molecule has 1 amide bonds. The molecule has 188 valence electrons. The van der Waals surface area contributed by atoms with E-state index in [1.807, 2.05) is 30.3 Å². The standard InChI is InChI=1S/C31H29ClN2O3/c32-28-9-5-4-8-27(28)30(35)34-29(31(36)37)20-23-10-14-25(15-11-23)26-16-12-24(13-17-26)21-33-19-18-22-6-2-1-3-7-22/h1-17,29,33H,18-21H2,(H,34,35)(H,36,37)/t29-/m0/s1. The second-order valence-electron chi connectivity index (χ2n) is 8.85. The zero-order valence-corrected chi connectivity index (χ0v) is 21.1. The average molecular weight is 513 g/mol. The summed E-state index contributed by atoms with van der Waals surface area (Å²) in [6.45, 7) is 1.73. The van der Waals surface area contributed by atoms with Crippen LogP contribution < -0.4 is 10.6 Å². The number of nitrogens with one attached hydrogen (secondary N) is 2. The topological polar surface area (TPSA) is 78.4 Å². The molecular weight excluding hydrogens is 484 g/mol. The van der Waals surface area contributed by atoms with Crippen molar-refractivity contribution in [3.63, 3.8) is 0 Å². The number of carbonyl (C=O) groups is 2. The number of aliphatic carboxylic acids is 1. The van der Waals surface area contributed by atoms with Crippen LogP contribution in [0.4, 0.5) is 0 Å². The van der Waals surface area contributed by atoms with Gasteiger partial charge in [-0.25, -0.2) is 4.79 Å². The number of carbonyl (C=O) groups excluding carboxylic acids is 1. The van der Waals surface area contributed by atoms with Crippen LogP contribution in [0.5, 0.6) is 0 Å². The average Bonchev–Trinajstić information content (AvgIpc) is 2.92. The second kappa shape index (κ2) is 12.9. The molecule has 0 heterocycles. The molecule has 0 aliphatic heterocycles. The van der Waals surface area contributed by atoms with Crippen LogP contribution in [0.3, 0.4) is 0 Å². The van der Waals surface area contributed by atoms with Crippen LogP contribution in [0.1, 0.15) is 27.0 Å². The molecule has 0 saturated heterocycles. The Morgan fingerprint density at radius 1 is 0.730 bits per heavy atom. The second-order valence-corrected chi connectivity index (χ2v) is 9.26. The molecular formula is C31H29ClN2O3. The molecule has 1 atom stereocenters. The predicted octanol–water partition coefficient (Wildman–Crippen LogP) is 5.77. The molecule has 0 aliphatic rings. The number of rotatable bonds is 11. The van der Waals surface area contributed by atoms with Crippen LogP contribution in [-0.4, -0.2) is 29.6 Å². The molecule has 5 nitrogen and oxygen atoms in total. The maximum Gasteiger partial charge on any atom is 0.326 e. The minimum Gasteiger partial charge on any atom is -0.480 e. The quantitative estimate of drug-likeness (QED) is 0.223. The first-order valence-corrected chi connectivity index (χ1v) is 12.6. The lowest BCUT2D eigenvalue weighted by Gasteiger charge is -2.15. The summed E-state index contributed by atoms with van der Waals surface area (Å²) in [5, 5.41) is 16.0. The molecule has 37 heavy (non-hydrogen) atoms. The van der Waals surface area contributed by atoms with Crippen molar-refractivity contribution in [2.45, 2.75) is 25.4 Å². The minimum absolute atomic E-state index is 0.166. The van der Waals surface area contributed by atoms with E-state index in [2.05, 4.69) is 59.2 Å². The van der Waals surface area contributed by atoms with E-state index in [0.717, 1.165) is 36.2 Å². The van der Waals surface area contributed by atoms with Crippen molar-refractivity contribution in [3.8, 4) is 11.1 Å². The van der Waals surface area contributed by atoms with Crippen LogP contribution in [0.15, 0.2) is 103 Å². The largest absolute Gasteiger partial charge is 0.480 e. The first-order valence-electron chi connectivity index (χ1n) is 12.2. The van der Waals surface area contributed by atoms with Gasteiger partial charge in [0.05, 0.1) is 10.6 Å². The monoisotopic (exact) mass is 512 g/mol. The Labute approximate surface area is 222 Å². The zero-order chi connectivity index (χ0) is 26.0. The van der Waals surface area contributed by atoms with E-state index >= 15 is 0 Å². The van der Waals surface area contributed by atoms with Crippen LogP contribution in [0, 0.1) is 0 Å². The third-order valence-electron chi connectivity index (χ3n) is 6.17. The van der Waals surface area contributed by atoms with Gasteiger partial charge < -0.3 is 15.7 Å². The highest BCUT2D eigenvalue weighted by Crippen LogP contribution is 2.21. The Bertz CT molecular complexity index is 1320. The highest BCUT2D eigenvalue weighted by atomic mass is 35.5. The van der Waals surface area contributed by atoms with Gasteiger partial charge in [0.2, 0.25) is 0 Å². The molecule has 0 radical (unpaired) electrons. The molecule has 4 aromatic rings. The fourth-order valence-corrected chi connectivity index (χ4v) is 4.30. The predicted molar refractivity (Wildman–Crippen MR) is 148 cm³/mol. The smallest absolute Gasteiger partial charge is 0.326 e. The molecule has 4 aromatic carbocycles. The van der Waals surface area contributed by atoms with Gasteiger partial charge in [-0.2, -0.15) is 0 Å². The Hall–Kier alpha value is -3.93. The van der Waals surface area contributed by atoms with Gasteiger partial charge in [0, 0.05) is 13.0 Å². The van der Waals surface area contributed by atoms with Gasteiger partial charge in [0.25, 0.3) is 5.91 Å². The van der Waals surface area contributed by atoms with Crippen molar-refractivity contribution < 1.29 is 14.7 Å². The SMILES string of the molecule is O=C(N[C@@H](Cc1ccc(-c2ccc(CNCCc3ccccc3)cc2)cc1)C(=O)O)c1ccccc1Cl. The number of amides is 1. The lowest BCUT2D eigenvalue weighted by molar-refractivity contribution is -0.139. The highest BCUT2D eigenvalue weighted by Gasteiger charge is 2.22. The van der Waals surface area contributed by atoms with E-state index < -0.39 is 17.9 Å². The Morgan fingerprint density at radius 2 is 1.32 bits per heavy atom.